The van der Waals surface area contributed by atoms with Crippen molar-refractivity contribution in [3.05, 3.63) is 23.1 Å². The fraction of sp³-hybridized carbons (Fsp3) is 0.714. The number of allylic oxidation sites excluding steroid dienone is 3. The van der Waals surface area contributed by atoms with Gasteiger partial charge in [-0.1, -0.05) is 35.3 Å². The zero-order valence-electron chi connectivity index (χ0n) is 10.9. The quantitative estimate of drug-likeness (QED) is 0.152. The molecule has 18 heavy (non-hydrogen) atoms. The Morgan fingerprint density at radius 2 is 2.17 bits per heavy atom. The number of unbranched alkanes of at least 4 members (excludes halogenated alkanes) is 3. The summed E-state index contributed by atoms with van der Waals surface area (Å²) in [6.45, 7) is 4.39. The van der Waals surface area contributed by atoms with Gasteiger partial charge in [-0.2, -0.15) is 0 Å². The van der Waals surface area contributed by atoms with Gasteiger partial charge < -0.3 is 0 Å². The molecule has 0 heterocycles. The molecule has 1 unspecified atom stereocenters. The van der Waals surface area contributed by atoms with Crippen molar-refractivity contribution in [2.75, 3.05) is 6.61 Å². The molecule has 0 fully saturated rings. The molecule has 1 atom stereocenters. The maximum Gasteiger partial charge on any atom is 0.0819 e. The Morgan fingerprint density at radius 3 is 2.83 bits per heavy atom. The van der Waals surface area contributed by atoms with Crippen molar-refractivity contribution in [2.24, 2.45) is 5.92 Å². The zero-order chi connectivity index (χ0) is 13.2. The van der Waals surface area contributed by atoms with Gasteiger partial charge in [0.05, 0.1) is 6.61 Å². The van der Waals surface area contributed by atoms with Gasteiger partial charge in [0.2, 0.25) is 0 Å². The van der Waals surface area contributed by atoms with Crippen LogP contribution in [0.4, 0.5) is 0 Å². The molecule has 1 aliphatic rings. The lowest BCUT2D eigenvalue weighted by Crippen LogP contribution is -2.07. The first kappa shape index (κ1) is 16.2. The van der Waals surface area contributed by atoms with Crippen molar-refractivity contribution < 1.29 is 10.1 Å². The number of thiol groups is 1. The molecule has 0 amide bonds. The van der Waals surface area contributed by atoms with Gasteiger partial charge >= 0.3 is 0 Å². The first-order chi connectivity index (χ1) is 8.83. The zero-order valence-corrected chi connectivity index (χ0v) is 12.6. The van der Waals surface area contributed by atoms with E-state index in [-0.39, 0.29) is 0 Å². The highest BCUT2D eigenvalue weighted by molar-refractivity contribution is 8.70. The van der Waals surface area contributed by atoms with Crippen LogP contribution in [0.3, 0.4) is 0 Å². The second-order valence-corrected chi connectivity index (χ2v) is 5.96. The largest absolute Gasteiger partial charge is 0.252 e. The molecule has 2 nitrogen and oxygen atoms in total. The van der Waals surface area contributed by atoms with Crippen molar-refractivity contribution in [1.82, 2.24) is 0 Å². The van der Waals surface area contributed by atoms with Crippen LogP contribution in [0.2, 0.25) is 0 Å². The van der Waals surface area contributed by atoms with Gasteiger partial charge in [-0.05, 0) is 38.5 Å². The van der Waals surface area contributed by atoms with Crippen LogP contribution in [0, 0.1) is 5.92 Å². The Bertz CT molecular complexity index is 277. The second kappa shape index (κ2) is 9.96. The average molecular weight is 288 g/mol. The summed E-state index contributed by atoms with van der Waals surface area (Å²) in [4.78, 5) is 5.51. The average Bonchev–Trinajstić information content (AvgIpc) is 2.42. The van der Waals surface area contributed by atoms with Crippen LogP contribution in [0.15, 0.2) is 23.1 Å². The molecule has 0 radical (unpaired) electrons. The normalized spacial score (nSPS) is 20.2. The lowest BCUT2D eigenvalue weighted by Gasteiger charge is -2.25. The first-order valence-electron chi connectivity index (χ1n) is 6.75. The predicted octanol–water partition coefficient (Wildman–Crippen LogP) is 5.24. The molecule has 104 valence electrons. The van der Waals surface area contributed by atoms with E-state index in [0.717, 1.165) is 12.8 Å². The number of hydrogen-bond donors (Lipinski definition) is 2. The smallest absolute Gasteiger partial charge is 0.0819 e. The molecule has 1 aliphatic carbocycles. The standard InChI is InChI=1S/C14H24O2S2/c1-2-12-9-7-10-13(14(12)18-17)8-5-3-4-6-11-16-15/h2,12,15,17H,1,3-11H2. The minimum Gasteiger partial charge on any atom is -0.252 e. The van der Waals surface area contributed by atoms with Crippen molar-refractivity contribution in [3.63, 3.8) is 0 Å². The van der Waals surface area contributed by atoms with E-state index in [1.165, 1.54) is 43.4 Å². The van der Waals surface area contributed by atoms with Crippen molar-refractivity contribution in [1.29, 1.82) is 0 Å². The molecular weight excluding hydrogens is 264 g/mol. The molecule has 1 N–H and O–H groups in total. The van der Waals surface area contributed by atoms with Gasteiger partial charge in [-0.3, -0.25) is 5.26 Å². The van der Waals surface area contributed by atoms with Crippen LogP contribution in [0.5, 0.6) is 0 Å². The fourth-order valence-corrected chi connectivity index (χ4v) is 3.99. The molecule has 0 saturated heterocycles. The highest BCUT2D eigenvalue weighted by Gasteiger charge is 2.19. The predicted molar refractivity (Wildman–Crippen MR) is 82.8 cm³/mol. The van der Waals surface area contributed by atoms with Gasteiger partial charge in [-0.25, -0.2) is 4.89 Å². The highest BCUT2D eigenvalue weighted by atomic mass is 33.1. The Labute approximate surface area is 120 Å². The van der Waals surface area contributed by atoms with E-state index in [1.807, 2.05) is 0 Å². The van der Waals surface area contributed by atoms with Gasteiger partial charge in [0.1, 0.15) is 0 Å². The van der Waals surface area contributed by atoms with Gasteiger partial charge in [0, 0.05) is 10.8 Å². The van der Waals surface area contributed by atoms with E-state index < -0.39 is 0 Å². The maximum absolute atomic E-state index is 8.22. The molecule has 1 rings (SSSR count). The van der Waals surface area contributed by atoms with Crippen LogP contribution in [0.1, 0.15) is 51.4 Å². The summed E-state index contributed by atoms with van der Waals surface area (Å²) in [5.74, 6) is 0.527. The Balaban J connectivity index is 2.33. The van der Waals surface area contributed by atoms with Crippen molar-refractivity contribution in [3.8, 4) is 0 Å². The third-order valence-corrected chi connectivity index (χ3v) is 4.90. The Morgan fingerprint density at radius 1 is 1.39 bits per heavy atom. The van der Waals surface area contributed by atoms with E-state index in [2.05, 4.69) is 29.2 Å². The van der Waals surface area contributed by atoms with Crippen LogP contribution >= 0.6 is 22.5 Å². The maximum atomic E-state index is 8.22. The molecule has 0 bridgehead atoms. The summed E-state index contributed by atoms with van der Waals surface area (Å²) in [5.41, 5.74) is 1.59. The van der Waals surface area contributed by atoms with Gasteiger partial charge in [-0.15, -0.1) is 18.2 Å². The van der Waals surface area contributed by atoms with Crippen LogP contribution < -0.4 is 0 Å². The fourth-order valence-electron chi connectivity index (χ4n) is 2.52. The molecule has 0 aliphatic heterocycles. The summed E-state index contributed by atoms with van der Waals surface area (Å²) in [6.07, 6.45) is 11.5. The summed E-state index contributed by atoms with van der Waals surface area (Å²) in [5, 5.41) is 8.22. The Hall–Kier alpha value is 0.100. The van der Waals surface area contributed by atoms with E-state index in [0.29, 0.717) is 12.5 Å². The molecular formula is C14H24O2S2. The third kappa shape index (κ3) is 5.39. The number of rotatable bonds is 9. The third-order valence-electron chi connectivity index (χ3n) is 3.53. The van der Waals surface area contributed by atoms with Gasteiger partial charge in [0.25, 0.3) is 0 Å². The molecule has 0 aromatic rings. The summed E-state index contributed by atoms with van der Waals surface area (Å²) in [7, 11) is 1.61. The minimum absolute atomic E-state index is 0.457. The lowest BCUT2D eigenvalue weighted by atomic mass is 9.88. The van der Waals surface area contributed by atoms with Crippen LogP contribution in [0.25, 0.3) is 0 Å². The van der Waals surface area contributed by atoms with E-state index in [1.54, 1.807) is 16.4 Å². The van der Waals surface area contributed by atoms with Crippen molar-refractivity contribution in [2.45, 2.75) is 51.4 Å². The molecule has 0 aromatic heterocycles. The summed E-state index contributed by atoms with van der Waals surface area (Å²) in [6, 6.07) is 0. The molecule has 0 spiro atoms. The van der Waals surface area contributed by atoms with Crippen molar-refractivity contribution >= 4 is 22.5 Å². The topological polar surface area (TPSA) is 29.5 Å². The molecule has 4 heteroatoms. The molecule has 0 aromatic carbocycles. The first-order valence-corrected chi connectivity index (χ1v) is 8.62. The van der Waals surface area contributed by atoms with Crippen LogP contribution in [-0.4, -0.2) is 11.9 Å². The summed E-state index contributed by atoms with van der Waals surface area (Å²) < 4.78 is 0. The minimum atomic E-state index is 0.457. The van der Waals surface area contributed by atoms with Gasteiger partial charge in [0.15, 0.2) is 0 Å². The van der Waals surface area contributed by atoms with E-state index >= 15 is 0 Å². The van der Waals surface area contributed by atoms with E-state index in [4.69, 9.17) is 5.26 Å². The highest BCUT2D eigenvalue weighted by Crippen LogP contribution is 2.41. The summed E-state index contributed by atoms with van der Waals surface area (Å²) >= 11 is 4.39. The monoisotopic (exact) mass is 288 g/mol. The number of hydrogen-bond acceptors (Lipinski definition) is 4. The van der Waals surface area contributed by atoms with Crippen LogP contribution in [-0.2, 0) is 4.89 Å². The van der Waals surface area contributed by atoms with E-state index in [9.17, 15) is 0 Å². The Kier molecular flexibility index (Phi) is 8.94. The molecule has 0 saturated carbocycles. The SMILES string of the molecule is C=CC1CCCC(CCCCCCOO)=C1SS. The lowest BCUT2D eigenvalue weighted by molar-refractivity contribution is -0.242. The second-order valence-electron chi connectivity index (χ2n) is 4.79.